The molecule has 0 aliphatic carbocycles. The molecule has 4 nitrogen and oxygen atoms in total. The summed E-state index contributed by atoms with van der Waals surface area (Å²) in [6.07, 6.45) is 0.599. The van der Waals surface area contributed by atoms with E-state index in [4.69, 9.17) is 5.84 Å². The van der Waals surface area contributed by atoms with Crippen LogP contribution in [-0.2, 0) is 13.5 Å². The van der Waals surface area contributed by atoms with E-state index in [9.17, 15) is 4.39 Å². The van der Waals surface area contributed by atoms with E-state index in [0.29, 0.717) is 6.42 Å². The molecular formula is C16H17FN4. The fraction of sp³-hybridized carbons (Fsp3) is 0.188. The lowest BCUT2D eigenvalue weighted by atomic mass is 10.0. The van der Waals surface area contributed by atoms with Gasteiger partial charge < -0.3 is 0 Å². The van der Waals surface area contributed by atoms with Crippen LogP contribution in [-0.4, -0.2) is 9.78 Å². The topological polar surface area (TPSA) is 55.9 Å². The number of para-hydroxylation sites is 1. The van der Waals surface area contributed by atoms with Crippen molar-refractivity contribution >= 4 is 10.9 Å². The molecule has 0 spiro atoms. The van der Waals surface area contributed by atoms with Gasteiger partial charge in [-0.15, -0.1) is 0 Å². The minimum absolute atomic E-state index is 0.181. The minimum Gasteiger partial charge on any atom is -0.271 e. The first-order valence-corrected chi connectivity index (χ1v) is 6.81. The second kappa shape index (κ2) is 5.63. The Morgan fingerprint density at radius 3 is 2.81 bits per heavy atom. The van der Waals surface area contributed by atoms with Crippen LogP contribution in [0.25, 0.3) is 10.9 Å². The highest BCUT2D eigenvalue weighted by Crippen LogP contribution is 2.23. The van der Waals surface area contributed by atoms with Crippen LogP contribution in [0, 0.1) is 5.82 Å². The molecule has 0 saturated carbocycles. The predicted octanol–water partition coefficient (Wildman–Crippen LogP) is 2.46. The Kier molecular flexibility index (Phi) is 3.68. The highest BCUT2D eigenvalue weighted by molar-refractivity contribution is 5.81. The number of aryl methyl sites for hydroxylation is 1. The van der Waals surface area contributed by atoms with Gasteiger partial charge in [-0.05, 0) is 23.8 Å². The zero-order chi connectivity index (χ0) is 14.8. The number of aromatic nitrogens is 2. The Morgan fingerprint density at radius 1 is 1.24 bits per heavy atom. The summed E-state index contributed by atoms with van der Waals surface area (Å²) < 4.78 is 15.2. The van der Waals surface area contributed by atoms with Crippen molar-refractivity contribution in [3.8, 4) is 0 Å². The number of rotatable bonds is 4. The molecule has 1 aromatic heterocycles. The molecule has 0 bridgehead atoms. The fourth-order valence-corrected chi connectivity index (χ4v) is 2.63. The molecule has 0 aliphatic heterocycles. The number of benzene rings is 2. The lowest BCUT2D eigenvalue weighted by molar-refractivity contribution is 0.536. The highest BCUT2D eigenvalue weighted by Gasteiger charge is 2.16. The highest BCUT2D eigenvalue weighted by atomic mass is 19.1. The van der Waals surface area contributed by atoms with Crippen LogP contribution in [0.2, 0.25) is 0 Å². The van der Waals surface area contributed by atoms with Gasteiger partial charge in [-0.1, -0.05) is 30.3 Å². The Balaban J connectivity index is 1.96. The number of hydrogen-bond donors (Lipinski definition) is 2. The van der Waals surface area contributed by atoms with E-state index >= 15 is 0 Å². The maximum absolute atomic E-state index is 13.4. The molecule has 1 heterocycles. The zero-order valence-electron chi connectivity index (χ0n) is 11.8. The summed E-state index contributed by atoms with van der Waals surface area (Å²) in [7, 11) is 1.92. The lowest BCUT2D eigenvalue weighted by Crippen LogP contribution is -2.29. The SMILES string of the molecule is Cn1nc(CC(NN)c2cccc(F)c2)c2ccccc21. The Morgan fingerprint density at radius 2 is 2.05 bits per heavy atom. The molecule has 3 rings (SSSR count). The molecule has 108 valence electrons. The molecule has 21 heavy (non-hydrogen) atoms. The number of hydrazine groups is 1. The number of nitrogens with zero attached hydrogens (tertiary/aromatic N) is 2. The number of fused-ring (bicyclic) bond motifs is 1. The predicted molar refractivity (Wildman–Crippen MR) is 80.9 cm³/mol. The number of nitrogens with one attached hydrogen (secondary N) is 1. The van der Waals surface area contributed by atoms with Crippen molar-refractivity contribution in [3.63, 3.8) is 0 Å². The van der Waals surface area contributed by atoms with Gasteiger partial charge in [0.1, 0.15) is 5.82 Å². The largest absolute Gasteiger partial charge is 0.271 e. The van der Waals surface area contributed by atoms with E-state index in [0.717, 1.165) is 22.2 Å². The first kappa shape index (κ1) is 13.7. The van der Waals surface area contributed by atoms with E-state index in [1.165, 1.54) is 12.1 Å². The zero-order valence-corrected chi connectivity index (χ0v) is 11.8. The molecule has 0 aliphatic rings. The number of hydrogen-bond acceptors (Lipinski definition) is 3. The van der Waals surface area contributed by atoms with Crippen molar-refractivity contribution < 1.29 is 4.39 Å². The third-order valence-corrected chi connectivity index (χ3v) is 3.68. The molecule has 0 radical (unpaired) electrons. The quantitative estimate of drug-likeness (QED) is 0.571. The van der Waals surface area contributed by atoms with Crippen molar-refractivity contribution in [2.75, 3.05) is 0 Å². The van der Waals surface area contributed by atoms with Gasteiger partial charge in [0.15, 0.2) is 0 Å². The normalized spacial score (nSPS) is 12.7. The molecule has 1 atom stereocenters. The van der Waals surface area contributed by atoms with Crippen molar-refractivity contribution in [2.24, 2.45) is 12.9 Å². The molecule has 1 unspecified atom stereocenters. The third-order valence-electron chi connectivity index (χ3n) is 3.68. The summed E-state index contributed by atoms with van der Waals surface area (Å²) >= 11 is 0. The van der Waals surface area contributed by atoms with Crippen molar-refractivity contribution in [1.82, 2.24) is 15.2 Å². The summed E-state index contributed by atoms with van der Waals surface area (Å²) in [6.45, 7) is 0. The Hall–Kier alpha value is -2.24. The van der Waals surface area contributed by atoms with Crippen LogP contribution in [0.1, 0.15) is 17.3 Å². The molecular weight excluding hydrogens is 267 g/mol. The van der Waals surface area contributed by atoms with E-state index < -0.39 is 0 Å². The van der Waals surface area contributed by atoms with Crippen LogP contribution in [0.15, 0.2) is 48.5 Å². The second-order valence-electron chi connectivity index (χ2n) is 5.07. The maximum atomic E-state index is 13.4. The standard InChI is InChI=1S/C16H17FN4/c1-21-16-8-3-2-7-13(16)15(20-21)10-14(19-18)11-5-4-6-12(17)9-11/h2-9,14,19H,10,18H2,1H3. The summed E-state index contributed by atoms with van der Waals surface area (Å²) in [6, 6.07) is 14.3. The summed E-state index contributed by atoms with van der Waals surface area (Å²) in [4.78, 5) is 0. The van der Waals surface area contributed by atoms with Crippen LogP contribution in [0.4, 0.5) is 4.39 Å². The van der Waals surface area contributed by atoms with Gasteiger partial charge in [-0.25, -0.2) is 4.39 Å². The lowest BCUT2D eigenvalue weighted by Gasteiger charge is -2.15. The molecule has 0 amide bonds. The molecule has 0 saturated heterocycles. The van der Waals surface area contributed by atoms with Gasteiger partial charge in [0.05, 0.1) is 17.3 Å². The van der Waals surface area contributed by atoms with Gasteiger partial charge in [0.25, 0.3) is 0 Å². The Labute approximate surface area is 122 Å². The molecule has 3 N–H and O–H groups in total. The minimum atomic E-state index is -0.265. The average Bonchev–Trinajstić information content (AvgIpc) is 2.82. The fourth-order valence-electron chi connectivity index (χ4n) is 2.63. The van der Waals surface area contributed by atoms with Crippen LogP contribution in [0.3, 0.4) is 0 Å². The summed E-state index contributed by atoms with van der Waals surface area (Å²) in [5, 5.41) is 5.65. The van der Waals surface area contributed by atoms with Gasteiger partial charge in [-0.3, -0.25) is 16.0 Å². The van der Waals surface area contributed by atoms with E-state index in [2.05, 4.69) is 10.5 Å². The molecule has 0 fully saturated rings. The monoisotopic (exact) mass is 284 g/mol. The molecule has 5 heteroatoms. The first-order chi connectivity index (χ1) is 10.2. The smallest absolute Gasteiger partial charge is 0.123 e. The van der Waals surface area contributed by atoms with Crippen molar-refractivity contribution in [1.29, 1.82) is 0 Å². The van der Waals surface area contributed by atoms with E-state index in [1.54, 1.807) is 6.07 Å². The van der Waals surface area contributed by atoms with E-state index in [-0.39, 0.29) is 11.9 Å². The Bertz CT molecular complexity index is 766. The van der Waals surface area contributed by atoms with Gasteiger partial charge in [0, 0.05) is 18.9 Å². The first-order valence-electron chi connectivity index (χ1n) is 6.81. The third kappa shape index (κ3) is 2.66. The van der Waals surface area contributed by atoms with Gasteiger partial charge >= 0.3 is 0 Å². The number of nitrogens with two attached hydrogens (primary N) is 1. The van der Waals surface area contributed by atoms with Crippen LogP contribution >= 0.6 is 0 Å². The molecule has 3 aromatic rings. The molecule has 2 aromatic carbocycles. The van der Waals surface area contributed by atoms with Gasteiger partial charge in [-0.2, -0.15) is 5.10 Å². The van der Waals surface area contributed by atoms with Crippen molar-refractivity contribution in [3.05, 3.63) is 65.6 Å². The summed E-state index contributed by atoms with van der Waals surface area (Å²) in [5.41, 5.74) is 5.58. The number of halogens is 1. The van der Waals surface area contributed by atoms with Crippen LogP contribution in [0.5, 0.6) is 0 Å². The van der Waals surface area contributed by atoms with Crippen LogP contribution < -0.4 is 11.3 Å². The second-order valence-corrected chi connectivity index (χ2v) is 5.07. The summed E-state index contributed by atoms with van der Waals surface area (Å²) in [5.74, 6) is 5.38. The van der Waals surface area contributed by atoms with Crippen molar-refractivity contribution in [2.45, 2.75) is 12.5 Å². The average molecular weight is 284 g/mol. The maximum Gasteiger partial charge on any atom is 0.123 e. The van der Waals surface area contributed by atoms with E-state index in [1.807, 2.05) is 42.1 Å². The van der Waals surface area contributed by atoms with Gasteiger partial charge in [0.2, 0.25) is 0 Å².